The fourth-order valence-electron chi connectivity index (χ4n) is 2.98. The van der Waals surface area contributed by atoms with E-state index in [4.69, 9.17) is 11.6 Å². The number of piperidine rings is 1. The summed E-state index contributed by atoms with van der Waals surface area (Å²) in [5.74, 6) is 0.582. The molecular formula is C17H20ClN3O. The third kappa shape index (κ3) is 3.39. The second kappa shape index (κ2) is 7.07. The molecule has 1 aromatic carbocycles. The third-order valence-corrected chi connectivity index (χ3v) is 4.53. The van der Waals surface area contributed by atoms with E-state index >= 15 is 0 Å². The number of rotatable bonds is 4. The molecule has 1 saturated heterocycles. The normalized spacial score (nSPS) is 18.3. The lowest BCUT2D eigenvalue weighted by molar-refractivity contribution is 0.0952. The lowest BCUT2D eigenvalue weighted by Gasteiger charge is -2.22. The molecule has 0 bridgehead atoms. The van der Waals surface area contributed by atoms with Gasteiger partial charge >= 0.3 is 0 Å². The maximum absolute atomic E-state index is 12.4. The van der Waals surface area contributed by atoms with Crippen LogP contribution < -0.4 is 10.6 Å². The van der Waals surface area contributed by atoms with E-state index in [0.29, 0.717) is 28.6 Å². The minimum absolute atomic E-state index is 0.0795. The van der Waals surface area contributed by atoms with E-state index in [-0.39, 0.29) is 5.91 Å². The van der Waals surface area contributed by atoms with E-state index in [1.807, 2.05) is 12.1 Å². The quantitative estimate of drug-likeness (QED) is 0.911. The Labute approximate surface area is 135 Å². The van der Waals surface area contributed by atoms with Crippen LogP contribution >= 0.6 is 11.6 Å². The van der Waals surface area contributed by atoms with Crippen LogP contribution in [0.2, 0.25) is 5.02 Å². The standard InChI is InChI=1S/C17H20ClN3O/c18-15-6-5-14(16-13(15)4-2-9-20-16)17(22)21-10-7-12-3-1-8-19-11-12/h2,4-6,9,12,19H,1,3,7-8,10-11H2,(H,21,22). The molecule has 5 heteroatoms. The first-order valence-electron chi connectivity index (χ1n) is 7.78. The van der Waals surface area contributed by atoms with Gasteiger partial charge in [0.05, 0.1) is 16.1 Å². The Morgan fingerprint density at radius 3 is 3.14 bits per heavy atom. The Bertz CT molecular complexity index is 668. The highest BCUT2D eigenvalue weighted by Gasteiger charge is 2.15. The third-order valence-electron chi connectivity index (χ3n) is 4.20. The lowest BCUT2D eigenvalue weighted by atomic mass is 9.96. The molecule has 22 heavy (non-hydrogen) atoms. The van der Waals surface area contributed by atoms with E-state index in [1.165, 1.54) is 12.8 Å². The second-order valence-corrected chi connectivity index (χ2v) is 6.16. The van der Waals surface area contributed by atoms with Crippen LogP contribution in [0, 0.1) is 5.92 Å². The lowest BCUT2D eigenvalue weighted by Crippen LogP contribution is -2.33. The van der Waals surface area contributed by atoms with Crippen LogP contribution in [-0.4, -0.2) is 30.5 Å². The molecule has 1 unspecified atom stereocenters. The van der Waals surface area contributed by atoms with E-state index in [9.17, 15) is 4.79 Å². The number of pyridine rings is 1. The van der Waals surface area contributed by atoms with Crippen molar-refractivity contribution in [1.29, 1.82) is 0 Å². The summed E-state index contributed by atoms with van der Waals surface area (Å²) < 4.78 is 0. The summed E-state index contributed by atoms with van der Waals surface area (Å²) in [5.41, 5.74) is 1.24. The molecule has 0 saturated carbocycles. The molecule has 1 aliphatic heterocycles. The molecule has 0 aliphatic carbocycles. The Morgan fingerprint density at radius 1 is 1.41 bits per heavy atom. The number of nitrogens with zero attached hydrogens (tertiary/aromatic N) is 1. The van der Waals surface area contributed by atoms with Gasteiger partial charge in [-0.3, -0.25) is 9.78 Å². The number of hydrogen-bond acceptors (Lipinski definition) is 3. The van der Waals surface area contributed by atoms with Crippen LogP contribution in [0.1, 0.15) is 29.6 Å². The number of aromatic nitrogens is 1. The summed E-state index contributed by atoms with van der Waals surface area (Å²) in [4.78, 5) is 16.7. The molecule has 1 aromatic heterocycles. The zero-order valence-corrected chi connectivity index (χ0v) is 13.2. The summed E-state index contributed by atoms with van der Waals surface area (Å²) >= 11 is 6.16. The summed E-state index contributed by atoms with van der Waals surface area (Å²) in [6, 6.07) is 7.21. The largest absolute Gasteiger partial charge is 0.352 e. The van der Waals surface area contributed by atoms with Crippen molar-refractivity contribution in [2.45, 2.75) is 19.3 Å². The first-order chi connectivity index (χ1) is 10.8. The van der Waals surface area contributed by atoms with Gasteiger partial charge in [-0.2, -0.15) is 0 Å². The summed E-state index contributed by atoms with van der Waals surface area (Å²) in [6.45, 7) is 2.87. The van der Waals surface area contributed by atoms with E-state index in [1.54, 1.807) is 18.3 Å². The first kappa shape index (κ1) is 15.3. The van der Waals surface area contributed by atoms with Crippen molar-refractivity contribution in [2.24, 2.45) is 5.92 Å². The average Bonchev–Trinajstić information content (AvgIpc) is 2.56. The van der Waals surface area contributed by atoms with Crippen LogP contribution in [0.4, 0.5) is 0 Å². The highest BCUT2D eigenvalue weighted by atomic mass is 35.5. The summed E-state index contributed by atoms with van der Waals surface area (Å²) in [7, 11) is 0. The Morgan fingerprint density at radius 2 is 2.32 bits per heavy atom. The Balaban J connectivity index is 1.66. The van der Waals surface area contributed by atoms with Gasteiger partial charge in [-0.05, 0) is 62.5 Å². The zero-order chi connectivity index (χ0) is 15.4. The highest BCUT2D eigenvalue weighted by molar-refractivity contribution is 6.36. The maximum atomic E-state index is 12.4. The smallest absolute Gasteiger partial charge is 0.253 e. The molecule has 1 amide bonds. The molecule has 116 valence electrons. The monoisotopic (exact) mass is 317 g/mol. The average molecular weight is 318 g/mol. The molecule has 0 spiro atoms. The van der Waals surface area contributed by atoms with Crippen molar-refractivity contribution in [1.82, 2.24) is 15.6 Å². The number of benzene rings is 1. The van der Waals surface area contributed by atoms with Crippen molar-refractivity contribution >= 4 is 28.4 Å². The van der Waals surface area contributed by atoms with Gasteiger partial charge in [-0.25, -0.2) is 0 Å². The molecule has 1 fully saturated rings. The molecule has 1 atom stereocenters. The number of fused-ring (bicyclic) bond motifs is 1. The summed E-state index contributed by atoms with van der Waals surface area (Å²) in [6.07, 6.45) is 5.17. The molecule has 0 radical (unpaired) electrons. The predicted molar refractivity (Wildman–Crippen MR) is 89.3 cm³/mol. The van der Waals surface area contributed by atoms with E-state index in [2.05, 4.69) is 15.6 Å². The van der Waals surface area contributed by atoms with Crippen molar-refractivity contribution in [3.05, 3.63) is 41.0 Å². The first-order valence-corrected chi connectivity index (χ1v) is 8.15. The molecule has 2 N–H and O–H groups in total. The highest BCUT2D eigenvalue weighted by Crippen LogP contribution is 2.24. The van der Waals surface area contributed by atoms with Crippen molar-refractivity contribution in [3.63, 3.8) is 0 Å². The van der Waals surface area contributed by atoms with Gasteiger partial charge in [0.2, 0.25) is 0 Å². The second-order valence-electron chi connectivity index (χ2n) is 5.75. The van der Waals surface area contributed by atoms with Crippen LogP contribution in [0.25, 0.3) is 10.9 Å². The molecule has 2 heterocycles. The van der Waals surface area contributed by atoms with Crippen LogP contribution in [0.3, 0.4) is 0 Å². The van der Waals surface area contributed by atoms with Crippen molar-refractivity contribution in [2.75, 3.05) is 19.6 Å². The van der Waals surface area contributed by atoms with Gasteiger partial charge in [-0.1, -0.05) is 11.6 Å². The Kier molecular flexibility index (Phi) is 4.90. The minimum atomic E-state index is -0.0795. The molecular weight excluding hydrogens is 298 g/mol. The van der Waals surface area contributed by atoms with Gasteiger partial charge in [0.25, 0.3) is 5.91 Å². The van der Waals surface area contributed by atoms with Gasteiger partial charge in [-0.15, -0.1) is 0 Å². The number of halogens is 1. The summed E-state index contributed by atoms with van der Waals surface area (Å²) in [5, 5.41) is 7.84. The molecule has 1 aliphatic rings. The number of hydrogen-bond donors (Lipinski definition) is 2. The van der Waals surface area contributed by atoms with Crippen molar-refractivity contribution in [3.8, 4) is 0 Å². The van der Waals surface area contributed by atoms with Crippen LogP contribution in [0.5, 0.6) is 0 Å². The van der Waals surface area contributed by atoms with Crippen molar-refractivity contribution < 1.29 is 4.79 Å². The van der Waals surface area contributed by atoms with Crippen LogP contribution in [-0.2, 0) is 0 Å². The van der Waals surface area contributed by atoms with E-state index < -0.39 is 0 Å². The SMILES string of the molecule is O=C(NCCC1CCCNC1)c1ccc(Cl)c2cccnc12. The van der Waals surface area contributed by atoms with Gasteiger partial charge in [0, 0.05) is 18.1 Å². The van der Waals surface area contributed by atoms with E-state index in [0.717, 1.165) is 24.9 Å². The number of amides is 1. The van der Waals surface area contributed by atoms with Gasteiger partial charge in [0.1, 0.15) is 0 Å². The maximum Gasteiger partial charge on any atom is 0.253 e. The van der Waals surface area contributed by atoms with Gasteiger partial charge in [0.15, 0.2) is 0 Å². The number of nitrogens with one attached hydrogen (secondary N) is 2. The van der Waals surface area contributed by atoms with Crippen LogP contribution in [0.15, 0.2) is 30.5 Å². The Hall–Kier alpha value is -1.65. The molecule has 2 aromatic rings. The molecule has 3 rings (SSSR count). The molecule has 4 nitrogen and oxygen atoms in total. The van der Waals surface area contributed by atoms with Gasteiger partial charge < -0.3 is 10.6 Å². The minimum Gasteiger partial charge on any atom is -0.352 e. The number of carbonyl (C=O) groups is 1. The fourth-order valence-corrected chi connectivity index (χ4v) is 3.19. The zero-order valence-electron chi connectivity index (χ0n) is 12.4. The predicted octanol–water partition coefficient (Wildman–Crippen LogP) is 3.01. The number of carbonyl (C=O) groups excluding carboxylic acids is 1. The topological polar surface area (TPSA) is 54.0 Å². The fraction of sp³-hybridized carbons (Fsp3) is 0.412.